The quantitative estimate of drug-likeness (QED) is 0.370. The zero-order chi connectivity index (χ0) is 17.6. The Balaban J connectivity index is 0.00000243. The van der Waals surface area contributed by atoms with Gasteiger partial charge in [-0.25, -0.2) is 0 Å². The van der Waals surface area contributed by atoms with E-state index >= 15 is 0 Å². The minimum Gasteiger partial charge on any atom is -0.370 e. The molecule has 6 heteroatoms. The predicted molar refractivity (Wildman–Crippen MR) is 124 cm³/mol. The number of guanidine groups is 1. The number of hydrogen-bond acceptors (Lipinski definition) is 3. The molecule has 0 bridgehead atoms. The van der Waals surface area contributed by atoms with Crippen LogP contribution in [0.1, 0.15) is 28.8 Å². The van der Waals surface area contributed by atoms with Gasteiger partial charge < -0.3 is 11.1 Å². The third kappa shape index (κ3) is 6.55. The lowest BCUT2D eigenvalue weighted by Crippen LogP contribution is -2.36. The minimum atomic E-state index is 0. The Morgan fingerprint density at radius 3 is 2.77 bits per heavy atom. The molecule has 1 aromatic carbocycles. The number of rotatable bonds is 5. The van der Waals surface area contributed by atoms with Crippen LogP contribution >= 0.6 is 35.3 Å². The summed E-state index contributed by atoms with van der Waals surface area (Å²) in [6, 6.07) is 10.7. The lowest BCUT2D eigenvalue weighted by molar-refractivity contribution is 0.172. The van der Waals surface area contributed by atoms with Gasteiger partial charge in [0.2, 0.25) is 0 Å². The van der Waals surface area contributed by atoms with Crippen molar-refractivity contribution in [1.82, 2.24) is 4.90 Å². The molecule has 2 heterocycles. The van der Waals surface area contributed by atoms with E-state index in [1.165, 1.54) is 35.4 Å². The number of hydrogen-bond donors (Lipinski definition) is 2. The Bertz CT molecular complexity index is 694. The lowest BCUT2D eigenvalue weighted by atomic mass is 9.98. The summed E-state index contributed by atoms with van der Waals surface area (Å²) in [5, 5.41) is 5.38. The number of benzene rings is 1. The van der Waals surface area contributed by atoms with Crippen molar-refractivity contribution in [3.63, 3.8) is 0 Å². The summed E-state index contributed by atoms with van der Waals surface area (Å²) < 4.78 is 0. The zero-order valence-electron chi connectivity index (χ0n) is 15.6. The van der Waals surface area contributed by atoms with Gasteiger partial charge in [0, 0.05) is 30.2 Å². The van der Waals surface area contributed by atoms with Crippen LogP contribution in [0.3, 0.4) is 0 Å². The van der Waals surface area contributed by atoms with E-state index in [1.807, 2.05) is 11.3 Å². The van der Waals surface area contributed by atoms with Crippen molar-refractivity contribution in [1.29, 1.82) is 0 Å². The molecule has 1 unspecified atom stereocenters. The van der Waals surface area contributed by atoms with Crippen molar-refractivity contribution in [2.24, 2.45) is 16.6 Å². The van der Waals surface area contributed by atoms with E-state index in [4.69, 9.17) is 5.73 Å². The number of nitrogens with two attached hydrogens (primary N) is 1. The van der Waals surface area contributed by atoms with E-state index in [9.17, 15) is 0 Å². The van der Waals surface area contributed by atoms with E-state index in [0.717, 1.165) is 25.3 Å². The first-order valence-corrected chi connectivity index (χ1v) is 9.86. The first-order chi connectivity index (χ1) is 12.1. The molecular weight excluding hydrogens is 455 g/mol. The average Bonchev–Trinajstić information content (AvgIpc) is 3.05. The Kier molecular flexibility index (Phi) is 8.37. The largest absolute Gasteiger partial charge is 0.370 e. The first kappa shape index (κ1) is 21.2. The van der Waals surface area contributed by atoms with Crippen LogP contribution in [-0.4, -0.2) is 30.5 Å². The number of nitrogens with one attached hydrogen (secondary N) is 1. The van der Waals surface area contributed by atoms with Crippen molar-refractivity contribution >= 4 is 47.0 Å². The van der Waals surface area contributed by atoms with Crippen LogP contribution in [0.4, 0.5) is 5.69 Å². The van der Waals surface area contributed by atoms with Crippen molar-refractivity contribution in [3.05, 3.63) is 51.7 Å². The van der Waals surface area contributed by atoms with Crippen LogP contribution in [-0.2, 0) is 6.54 Å². The standard InChI is InChI=1S/C20H28N4S.HI/c1-15-9-16(2)11-18(10-15)23-20(21)22-12-17-5-3-7-24(13-17)14-19-6-4-8-25-19;/h4,6,8-11,17H,3,5,7,12-14H2,1-2H3,(H3,21,22,23);1H. The maximum absolute atomic E-state index is 6.09. The summed E-state index contributed by atoms with van der Waals surface area (Å²) in [4.78, 5) is 8.58. The molecule has 142 valence electrons. The molecule has 1 fully saturated rings. The minimum absolute atomic E-state index is 0. The molecule has 4 nitrogen and oxygen atoms in total. The fourth-order valence-electron chi connectivity index (χ4n) is 3.53. The number of thiophene rings is 1. The molecule has 1 atom stereocenters. The molecule has 1 saturated heterocycles. The van der Waals surface area contributed by atoms with Crippen LogP contribution in [0.2, 0.25) is 0 Å². The smallest absolute Gasteiger partial charge is 0.193 e. The summed E-state index contributed by atoms with van der Waals surface area (Å²) in [5.74, 6) is 1.11. The second-order valence-corrected chi connectivity index (χ2v) is 8.08. The summed E-state index contributed by atoms with van der Waals surface area (Å²) in [7, 11) is 0. The molecule has 3 N–H and O–H groups in total. The molecule has 0 aliphatic carbocycles. The van der Waals surface area contributed by atoms with E-state index < -0.39 is 0 Å². The number of anilines is 1. The summed E-state index contributed by atoms with van der Waals surface area (Å²) >= 11 is 1.84. The second kappa shape index (κ2) is 10.3. The van der Waals surface area contributed by atoms with Gasteiger partial charge in [-0.15, -0.1) is 35.3 Å². The average molecular weight is 484 g/mol. The predicted octanol–water partition coefficient (Wildman–Crippen LogP) is 4.62. The molecule has 3 rings (SSSR count). The maximum Gasteiger partial charge on any atom is 0.193 e. The Labute approximate surface area is 177 Å². The van der Waals surface area contributed by atoms with Gasteiger partial charge in [-0.3, -0.25) is 9.89 Å². The fourth-order valence-corrected chi connectivity index (χ4v) is 4.27. The number of piperidine rings is 1. The highest BCUT2D eigenvalue weighted by atomic mass is 127. The molecule has 0 radical (unpaired) electrons. The molecule has 1 aromatic heterocycles. The molecule has 1 aliphatic heterocycles. The normalized spacial score (nSPS) is 18.4. The van der Waals surface area contributed by atoms with Crippen LogP contribution in [0.25, 0.3) is 0 Å². The second-order valence-electron chi connectivity index (χ2n) is 7.05. The number of likely N-dealkylation sites (tertiary alicyclic amines) is 1. The fraction of sp³-hybridized carbons (Fsp3) is 0.450. The van der Waals surface area contributed by atoms with Gasteiger partial charge in [0.25, 0.3) is 0 Å². The van der Waals surface area contributed by atoms with Gasteiger partial charge in [0.1, 0.15) is 0 Å². The number of aryl methyl sites for hydroxylation is 2. The first-order valence-electron chi connectivity index (χ1n) is 8.98. The van der Waals surface area contributed by atoms with Crippen molar-refractivity contribution < 1.29 is 0 Å². The zero-order valence-corrected chi connectivity index (χ0v) is 18.7. The van der Waals surface area contributed by atoms with Gasteiger partial charge in [-0.2, -0.15) is 0 Å². The molecule has 26 heavy (non-hydrogen) atoms. The third-order valence-electron chi connectivity index (χ3n) is 4.58. The molecule has 0 saturated carbocycles. The van der Waals surface area contributed by atoms with Crippen molar-refractivity contribution in [2.45, 2.75) is 33.2 Å². The van der Waals surface area contributed by atoms with E-state index in [1.54, 1.807) is 0 Å². The third-order valence-corrected chi connectivity index (χ3v) is 5.44. The van der Waals surface area contributed by atoms with Crippen LogP contribution in [0.5, 0.6) is 0 Å². The molecule has 0 amide bonds. The van der Waals surface area contributed by atoms with Gasteiger partial charge in [-0.05, 0) is 73.9 Å². The highest BCUT2D eigenvalue weighted by Gasteiger charge is 2.20. The van der Waals surface area contributed by atoms with Crippen LogP contribution < -0.4 is 11.1 Å². The highest BCUT2D eigenvalue weighted by molar-refractivity contribution is 14.0. The maximum atomic E-state index is 6.09. The molecule has 2 aromatic rings. The Morgan fingerprint density at radius 2 is 2.08 bits per heavy atom. The van der Waals surface area contributed by atoms with E-state index in [2.05, 4.69) is 64.8 Å². The molecule has 1 aliphatic rings. The van der Waals surface area contributed by atoms with Crippen molar-refractivity contribution in [3.8, 4) is 0 Å². The van der Waals surface area contributed by atoms with Gasteiger partial charge >= 0.3 is 0 Å². The number of nitrogens with zero attached hydrogens (tertiary/aromatic N) is 2. The van der Waals surface area contributed by atoms with E-state index in [-0.39, 0.29) is 24.0 Å². The summed E-state index contributed by atoms with van der Waals surface area (Å²) in [6.45, 7) is 8.34. The van der Waals surface area contributed by atoms with Gasteiger partial charge in [0.15, 0.2) is 5.96 Å². The monoisotopic (exact) mass is 484 g/mol. The van der Waals surface area contributed by atoms with Crippen LogP contribution in [0, 0.1) is 19.8 Å². The topological polar surface area (TPSA) is 53.6 Å². The van der Waals surface area contributed by atoms with Gasteiger partial charge in [-0.1, -0.05) is 12.1 Å². The highest BCUT2D eigenvalue weighted by Crippen LogP contribution is 2.20. The number of halogens is 1. The van der Waals surface area contributed by atoms with Gasteiger partial charge in [0.05, 0.1) is 0 Å². The van der Waals surface area contributed by atoms with Crippen molar-refractivity contribution in [2.75, 3.05) is 25.0 Å². The SMILES string of the molecule is Cc1cc(C)cc(NC(N)=NCC2CCCN(Cc3cccs3)C2)c1.I. The van der Waals surface area contributed by atoms with E-state index in [0.29, 0.717) is 11.9 Å². The summed E-state index contributed by atoms with van der Waals surface area (Å²) in [6.07, 6.45) is 2.48. The lowest BCUT2D eigenvalue weighted by Gasteiger charge is -2.31. The number of aliphatic imine (C=N–C) groups is 1. The molecule has 0 spiro atoms. The Morgan fingerprint density at radius 1 is 1.31 bits per heavy atom. The summed E-state index contributed by atoms with van der Waals surface area (Å²) in [5.41, 5.74) is 9.57. The Hall–Kier alpha value is -1.12. The molecular formula is C20H29IN4S. The van der Waals surface area contributed by atoms with Crippen LogP contribution in [0.15, 0.2) is 40.7 Å².